The number of hydrogen-bond acceptors (Lipinski definition) is 9. The summed E-state index contributed by atoms with van der Waals surface area (Å²) in [6.07, 6.45) is -0.744. The molecule has 0 aliphatic heterocycles. The Labute approximate surface area is 504 Å². The van der Waals surface area contributed by atoms with Crippen LogP contribution in [0, 0.1) is 0 Å². The van der Waals surface area contributed by atoms with Crippen LogP contribution >= 0.6 is 7.26 Å². The number of methoxy groups -OCH3 is 1. The third-order valence-corrected chi connectivity index (χ3v) is 19.6. The fourth-order valence-electron chi connectivity index (χ4n) is 10.9. The summed E-state index contributed by atoms with van der Waals surface area (Å²) in [5.41, 5.74) is 8.09. The van der Waals surface area contributed by atoms with Crippen LogP contribution in [-0.2, 0) is 48.2 Å². The van der Waals surface area contributed by atoms with Gasteiger partial charge in [0.05, 0.1) is 19.3 Å². The minimum absolute atomic E-state index is 0.0344. The number of fused-ring (bicyclic) bond motifs is 3. The quantitative estimate of drug-likeness (QED) is 0.0420. The predicted octanol–water partition coefficient (Wildman–Crippen LogP) is 11.6. The van der Waals surface area contributed by atoms with Gasteiger partial charge in [0.1, 0.15) is 77.9 Å². The van der Waals surface area contributed by atoms with E-state index in [0.717, 1.165) is 44.5 Å². The Balaban J connectivity index is 0.745. The van der Waals surface area contributed by atoms with Gasteiger partial charge >= 0.3 is 12.1 Å². The predicted molar refractivity (Wildman–Crippen MR) is 341 cm³/mol. The first-order valence-corrected chi connectivity index (χ1v) is 30.7. The van der Waals surface area contributed by atoms with Gasteiger partial charge in [-0.15, -0.1) is 0 Å². The van der Waals surface area contributed by atoms with Crippen LogP contribution in [0.15, 0.2) is 237 Å². The van der Waals surface area contributed by atoms with Crippen molar-refractivity contribution in [3.8, 4) is 33.8 Å². The van der Waals surface area contributed by atoms with E-state index in [4.69, 9.17) is 23.7 Å². The number of rotatable bonds is 23. The van der Waals surface area contributed by atoms with Crippen LogP contribution in [0.1, 0.15) is 61.4 Å². The van der Waals surface area contributed by atoms with Gasteiger partial charge in [-0.3, -0.25) is 9.59 Å². The number of carbonyl (C=O) groups excluding carboxylic acids is 4. The first kappa shape index (κ1) is 59.8. The molecule has 86 heavy (non-hydrogen) atoms. The summed E-state index contributed by atoms with van der Waals surface area (Å²) in [5.74, 6) is -1.21. The van der Waals surface area contributed by atoms with Crippen molar-refractivity contribution in [1.29, 1.82) is 0 Å². The van der Waals surface area contributed by atoms with E-state index >= 15 is 0 Å². The second-order valence-electron chi connectivity index (χ2n) is 22.2. The van der Waals surface area contributed by atoms with Crippen LogP contribution in [0.3, 0.4) is 0 Å². The number of benzene rings is 9. The van der Waals surface area contributed by atoms with Gasteiger partial charge in [0.2, 0.25) is 11.8 Å². The molecule has 1 aliphatic carbocycles. The lowest BCUT2D eigenvalue weighted by Gasteiger charge is -2.27. The first-order chi connectivity index (χ1) is 41.8. The summed E-state index contributed by atoms with van der Waals surface area (Å²) >= 11 is 0. The van der Waals surface area contributed by atoms with Gasteiger partial charge in [-0.1, -0.05) is 170 Å². The van der Waals surface area contributed by atoms with E-state index in [0.29, 0.717) is 23.7 Å². The molecule has 0 saturated carbocycles. The summed E-state index contributed by atoms with van der Waals surface area (Å²) in [6, 6.07) is 76.8. The van der Waals surface area contributed by atoms with Crippen LogP contribution in [0.4, 0.5) is 4.79 Å². The highest BCUT2D eigenvalue weighted by Crippen LogP contribution is 2.54. The molecular formula is C73H71N3O9P+. The van der Waals surface area contributed by atoms with E-state index < -0.39 is 54.9 Å². The minimum Gasteiger partial charge on any atom is -0.496 e. The van der Waals surface area contributed by atoms with E-state index in [9.17, 15) is 19.2 Å². The van der Waals surface area contributed by atoms with Gasteiger partial charge in [-0.05, 0) is 133 Å². The topological polar surface area (TPSA) is 151 Å². The molecule has 12 nitrogen and oxygen atoms in total. The average Bonchev–Trinajstić information content (AvgIpc) is 1.01. The lowest BCUT2D eigenvalue weighted by atomic mass is 9.98. The molecule has 1 aliphatic rings. The zero-order chi connectivity index (χ0) is 60.0. The van der Waals surface area contributed by atoms with Crippen molar-refractivity contribution >= 4 is 52.4 Å². The van der Waals surface area contributed by atoms with Crippen LogP contribution < -0.4 is 46.6 Å². The molecule has 10 rings (SSSR count). The lowest BCUT2D eigenvalue weighted by molar-refractivity contribution is -0.148. The standard InChI is InChI=1S/C73H70N3O9P/c1-50(74-69(77)66(44-51-22-10-6-11-23-51)75-70(78)67(49-85-73(2,3)4)76-72(80)84-48-65-63-32-20-18-30-61(63)62-31-19-21-33-64(62)65)71(79)83-47-55-38-41-56(45-68(55)81-5)82-46-52-34-36-53(37-35-52)54-39-42-60(43-40-54)86(57-24-12-7-13-25-57,58-26-14-8-15-27-58)59-28-16-9-17-29-59/h6-43,45,50,65-67H,44,46-49H2,1-5H3,(H2-,74,75,76,77,78,80)/p+1/t50-,66-,67-/m0/s1. The molecule has 3 atom stereocenters. The molecule has 0 heterocycles. The lowest BCUT2D eigenvalue weighted by Crippen LogP contribution is -2.57. The second-order valence-corrected chi connectivity index (χ2v) is 25.6. The maximum Gasteiger partial charge on any atom is 0.407 e. The molecule has 9 aromatic carbocycles. The van der Waals surface area contributed by atoms with Crippen molar-refractivity contribution in [3.63, 3.8) is 0 Å². The van der Waals surface area contributed by atoms with E-state index in [1.807, 2.05) is 87.5 Å². The highest BCUT2D eigenvalue weighted by molar-refractivity contribution is 8.01. The van der Waals surface area contributed by atoms with Gasteiger partial charge in [-0.25, -0.2) is 9.59 Å². The fourth-order valence-corrected chi connectivity index (χ4v) is 15.1. The summed E-state index contributed by atoms with van der Waals surface area (Å²) in [6.45, 7) is 6.97. The number of nitrogens with one attached hydrogen (secondary N) is 3. The number of carbonyl (C=O) groups is 4. The molecule has 0 aromatic heterocycles. The zero-order valence-electron chi connectivity index (χ0n) is 49.0. The number of amides is 3. The Morgan fingerprint density at radius 2 is 1.01 bits per heavy atom. The molecule has 9 aromatic rings. The van der Waals surface area contributed by atoms with E-state index in [2.05, 4.69) is 168 Å². The van der Waals surface area contributed by atoms with Crippen molar-refractivity contribution < 1.29 is 42.9 Å². The molecule has 0 spiro atoms. The highest BCUT2D eigenvalue weighted by Gasteiger charge is 2.47. The van der Waals surface area contributed by atoms with Crippen LogP contribution in [0.2, 0.25) is 0 Å². The minimum atomic E-state index is -2.22. The Morgan fingerprint density at radius 3 is 1.56 bits per heavy atom. The van der Waals surface area contributed by atoms with Crippen molar-refractivity contribution in [2.75, 3.05) is 20.3 Å². The Kier molecular flexibility index (Phi) is 19.2. The summed E-state index contributed by atoms with van der Waals surface area (Å²) in [4.78, 5) is 55.4. The largest absolute Gasteiger partial charge is 0.496 e. The number of ether oxygens (including phenoxy) is 5. The second kappa shape index (κ2) is 27.6. The number of hydrogen-bond donors (Lipinski definition) is 3. The average molecular weight is 1170 g/mol. The number of esters is 1. The Bertz CT molecular complexity index is 3610. The van der Waals surface area contributed by atoms with E-state index in [1.165, 1.54) is 35.3 Å². The molecule has 3 amide bonds. The van der Waals surface area contributed by atoms with Crippen molar-refractivity contribution in [2.24, 2.45) is 0 Å². The van der Waals surface area contributed by atoms with Crippen molar-refractivity contribution in [1.82, 2.24) is 16.0 Å². The van der Waals surface area contributed by atoms with Crippen LogP contribution in [-0.4, -0.2) is 67.9 Å². The maximum atomic E-state index is 14.2. The number of alkyl carbamates (subject to hydrolysis) is 1. The smallest absolute Gasteiger partial charge is 0.407 e. The third-order valence-electron chi connectivity index (χ3n) is 15.3. The molecule has 0 fully saturated rings. The molecule has 3 N–H and O–H groups in total. The monoisotopic (exact) mass is 1160 g/mol. The van der Waals surface area contributed by atoms with Crippen LogP contribution in [0.5, 0.6) is 11.5 Å². The van der Waals surface area contributed by atoms with Crippen molar-refractivity contribution in [2.45, 2.75) is 77.0 Å². The molecule has 0 unspecified atom stereocenters. The Morgan fingerprint density at radius 1 is 0.512 bits per heavy atom. The van der Waals surface area contributed by atoms with E-state index in [1.54, 1.807) is 18.2 Å². The van der Waals surface area contributed by atoms with Gasteiger partial charge < -0.3 is 39.6 Å². The van der Waals surface area contributed by atoms with Gasteiger partial charge in [0.15, 0.2) is 0 Å². The van der Waals surface area contributed by atoms with Crippen molar-refractivity contribution in [3.05, 3.63) is 264 Å². The first-order valence-electron chi connectivity index (χ1n) is 28.9. The molecular weight excluding hydrogens is 1090 g/mol. The SMILES string of the molecule is COc1cc(OCc2ccc(-c3ccc([P+](c4ccccc4)(c4ccccc4)c4ccccc4)cc3)cc2)ccc1COC(=O)[C@H](C)NC(=O)[C@H](Cc1ccccc1)NC(=O)[C@H](COC(C)(C)C)NC(=O)OCC1c2ccccc2-c2ccccc21. The normalized spacial score (nSPS) is 13.0. The van der Waals surface area contributed by atoms with Gasteiger partial charge in [0.25, 0.3) is 0 Å². The summed E-state index contributed by atoms with van der Waals surface area (Å²) < 4.78 is 29.5. The third kappa shape index (κ3) is 14.2. The zero-order valence-corrected chi connectivity index (χ0v) is 49.9. The summed E-state index contributed by atoms with van der Waals surface area (Å²) in [5, 5.41) is 13.4. The molecule has 436 valence electrons. The molecule has 13 heteroatoms. The molecule has 0 radical (unpaired) electrons. The van der Waals surface area contributed by atoms with E-state index in [-0.39, 0.29) is 32.2 Å². The fraction of sp³-hybridized carbons (Fsp3) is 0.205. The van der Waals surface area contributed by atoms with Gasteiger partial charge in [-0.2, -0.15) is 0 Å². The maximum absolute atomic E-state index is 14.2. The molecule has 0 saturated heterocycles. The van der Waals surface area contributed by atoms with Crippen LogP contribution in [0.25, 0.3) is 22.3 Å². The summed E-state index contributed by atoms with van der Waals surface area (Å²) in [7, 11) is -0.688. The Hall–Kier alpha value is -9.35. The molecule has 0 bridgehead atoms. The highest BCUT2D eigenvalue weighted by atomic mass is 31.2. The van der Waals surface area contributed by atoms with Gasteiger partial charge in [0, 0.05) is 24.0 Å².